The third kappa shape index (κ3) is 4.42. The van der Waals surface area contributed by atoms with E-state index in [1.807, 2.05) is 4.98 Å². The van der Waals surface area contributed by atoms with Gasteiger partial charge in [-0.1, -0.05) is 6.07 Å². The fourth-order valence-corrected chi connectivity index (χ4v) is 2.13. The topological polar surface area (TPSA) is 154 Å². The van der Waals surface area contributed by atoms with Crippen LogP contribution >= 0.6 is 0 Å². The Morgan fingerprint density at radius 1 is 1.33 bits per heavy atom. The summed E-state index contributed by atoms with van der Waals surface area (Å²) in [5.41, 5.74) is 3.97. The van der Waals surface area contributed by atoms with Gasteiger partial charge in [-0.3, -0.25) is 19.1 Å². The summed E-state index contributed by atoms with van der Waals surface area (Å²) in [4.78, 5) is 48.9. The van der Waals surface area contributed by atoms with Crippen molar-refractivity contribution in [1.82, 2.24) is 9.55 Å². The van der Waals surface area contributed by atoms with Gasteiger partial charge in [-0.15, -0.1) is 0 Å². The lowest BCUT2D eigenvalue weighted by atomic mass is 10.2. The molecule has 1 aromatic heterocycles. The quantitative estimate of drug-likeness (QED) is 0.357. The molecule has 1 aromatic carbocycles. The maximum atomic E-state index is 12.1. The number of nitrogen functional groups attached to an aromatic ring is 1. The molecule has 0 aliphatic carbocycles. The average Bonchev–Trinajstić information content (AvgIpc) is 2.63. The number of esters is 1. The van der Waals surface area contributed by atoms with E-state index in [9.17, 15) is 24.3 Å². The van der Waals surface area contributed by atoms with Crippen LogP contribution in [0.4, 0.5) is 5.82 Å². The largest absolute Gasteiger partial charge is 0.504 e. The lowest BCUT2D eigenvalue weighted by Gasteiger charge is -2.07. The molecule has 0 radical (unpaired) electrons. The van der Waals surface area contributed by atoms with Crippen molar-refractivity contribution in [3.63, 3.8) is 0 Å². The van der Waals surface area contributed by atoms with Gasteiger partial charge >= 0.3 is 11.7 Å². The van der Waals surface area contributed by atoms with E-state index in [1.54, 1.807) is 0 Å². The first-order chi connectivity index (χ1) is 12.7. The number of phenolic OH excluding ortho intramolecular Hbond substituents is 1. The number of nitrogens with zero attached hydrogens (tertiary/aromatic N) is 1. The molecular formula is C17H17N3O7. The van der Waals surface area contributed by atoms with Crippen molar-refractivity contribution >= 4 is 23.6 Å². The number of benzene rings is 1. The average molecular weight is 375 g/mol. The van der Waals surface area contributed by atoms with Gasteiger partial charge in [-0.25, -0.2) is 9.59 Å². The summed E-state index contributed by atoms with van der Waals surface area (Å²) in [6, 6.07) is 4.43. The van der Waals surface area contributed by atoms with Gasteiger partial charge in [0.1, 0.15) is 11.4 Å². The van der Waals surface area contributed by atoms with Crippen molar-refractivity contribution in [2.24, 2.45) is 7.05 Å². The Morgan fingerprint density at radius 2 is 2.04 bits per heavy atom. The van der Waals surface area contributed by atoms with Gasteiger partial charge in [-0.2, -0.15) is 0 Å². The number of Topliss-reactive ketones (excluding diaryl/α,β-unsaturated/α-hetero) is 1. The Hall–Kier alpha value is -3.82. The standard InChI is InChI=1S/C17H17N3O7/c1-20-15(18)14(16(24)19-17(20)25)11(22)8-27-13(23)6-4-9-3-5-10(21)12(7-9)26-2/h3-7,21H,8,18H2,1-2H3,(H,19,24,25)/b6-4+. The van der Waals surface area contributed by atoms with E-state index in [2.05, 4.69) is 0 Å². The van der Waals surface area contributed by atoms with E-state index in [-0.39, 0.29) is 17.3 Å². The predicted octanol–water partition coefficient (Wildman–Crippen LogP) is -0.191. The zero-order valence-corrected chi connectivity index (χ0v) is 14.5. The van der Waals surface area contributed by atoms with Crippen molar-refractivity contribution < 1.29 is 24.2 Å². The number of methoxy groups -OCH3 is 1. The highest BCUT2D eigenvalue weighted by molar-refractivity contribution is 6.01. The van der Waals surface area contributed by atoms with Crippen molar-refractivity contribution in [3.05, 3.63) is 56.2 Å². The van der Waals surface area contributed by atoms with Gasteiger partial charge in [0.2, 0.25) is 5.78 Å². The van der Waals surface area contributed by atoms with Gasteiger partial charge in [0.05, 0.1) is 7.11 Å². The second kappa shape index (κ2) is 8.04. The molecule has 0 aliphatic heterocycles. The van der Waals surface area contributed by atoms with Crippen molar-refractivity contribution in [3.8, 4) is 11.5 Å². The van der Waals surface area contributed by atoms with Gasteiger partial charge < -0.3 is 20.3 Å². The zero-order chi connectivity index (χ0) is 20.1. The van der Waals surface area contributed by atoms with Crippen molar-refractivity contribution in [1.29, 1.82) is 0 Å². The summed E-state index contributed by atoms with van der Waals surface area (Å²) in [5, 5.41) is 9.51. The fraction of sp³-hybridized carbons (Fsp3) is 0.176. The zero-order valence-electron chi connectivity index (χ0n) is 14.5. The summed E-state index contributed by atoms with van der Waals surface area (Å²) in [6.07, 6.45) is 2.45. The number of carbonyl (C=O) groups excluding carboxylic acids is 2. The highest BCUT2D eigenvalue weighted by Gasteiger charge is 2.19. The lowest BCUT2D eigenvalue weighted by Crippen LogP contribution is -2.35. The maximum Gasteiger partial charge on any atom is 0.331 e. The molecule has 1 heterocycles. The summed E-state index contributed by atoms with van der Waals surface area (Å²) in [5.74, 6) is -1.84. The molecule has 10 heteroatoms. The molecular weight excluding hydrogens is 358 g/mol. The smallest absolute Gasteiger partial charge is 0.331 e. The fourth-order valence-electron chi connectivity index (χ4n) is 2.13. The van der Waals surface area contributed by atoms with Crippen LogP contribution in [0, 0.1) is 0 Å². The van der Waals surface area contributed by atoms with E-state index >= 15 is 0 Å². The molecule has 4 N–H and O–H groups in total. The number of hydrogen-bond donors (Lipinski definition) is 3. The Kier molecular flexibility index (Phi) is 5.81. The molecule has 0 fully saturated rings. The Labute approximate surface area is 152 Å². The first-order valence-corrected chi connectivity index (χ1v) is 7.58. The van der Waals surface area contributed by atoms with Crippen molar-refractivity contribution in [2.75, 3.05) is 19.5 Å². The molecule has 0 unspecified atom stereocenters. The number of phenols is 1. The Morgan fingerprint density at radius 3 is 2.70 bits per heavy atom. The molecule has 10 nitrogen and oxygen atoms in total. The highest BCUT2D eigenvalue weighted by Crippen LogP contribution is 2.26. The molecule has 27 heavy (non-hydrogen) atoms. The van der Waals surface area contributed by atoms with E-state index in [0.717, 1.165) is 10.6 Å². The summed E-state index contributed by atoms with van der Waals surface area (Å²) in [7, 11) is 2.67. The second-order valence-electron chi connectivity index (χ2n) is 5.37. The number of hydrogen-bond acceptors (Lipinski definition) is 8. The van der Waals surface area contributed by atoms with E-state index in [0.29, 0.717) is 5.56 Å². The third-order valence-corrected chi connectivity index (χ3v) is 3.61. The summed E-state index contributed by atoms with van der Waals surface area (Å²) in [6.45, 7) is -0.729. The van der Waals surface area contributed by atoms with E-state index in [4.69, 9.17) is 15.2 Å². The molecule has 2 rings (SSSR count). The van der Waals surface area contributed by atoms with Crippen LogP contribution in [0.25, 0.3) is 6.08 Å². The number of carbonyl (C=O) groups is 2. The number of ketones is 1. The minimum absolute atomic E-state index is 0.0529. The van der Waals surface area contributed by atoms with Crippen LogP contribution in [-0.4, -0.2) is 40.1 Å². The van der Waals surface area contributed by atoms with Gasteiger partial charge in [-0.05, 0) is 23.8 Å². The minimum Gasteiger partial charge on any atom is -0.504 e. The molecule has 2 aromatic rings. The minimum atomic E-state index is -0.955. The van der Waals surface area contributed by atoms with Crippen LogP contribution in [-0.2, 0) is 16.6 Å². The van der Waals surface area contributed by atoms with Gasteiger partial charge in [0.25, 0.3) is 5.56 Å². The number of aromatic hydroxyl groups is 1. The number of nitrogens with one attached hydrogen (secondary N) is 1. The molecule has 0 saturated heterocycles. The molecule has 142 valence electrons. The number of aromatic amines is 1. The van der Waals surface area contributed by atoms with Gasteiger partial charge in [0, 0.05) is 13.1 Å². The Balaban J connectivity index is 2.06. The van der Waals surface area contributed by atoms with Gasteiger partial charge in [0.15, 0.2) is 18.1 Å². The SMILES string of the molecule is COc1cc(/C=C/C(=O)OCC(=O)c2c(N)n(C)c(=O)[nH]c2=O)ccc1O. The van der Waals surface area contributed by atoms with Crippen LogP contribution < -0.4 is 21.7 Å². The maximum absolute atomic E-state index is 12.1. The van der Waals surface area contributed by atoms with Crippen LogP contribution in [0.2, 0.25) is 0 Å². The molecule has 0 saturated carbocycles. The Bertz CT molecular complexity index is 1030. The number of aromatic nitrogens is 2. The first-order valence-electron chi connectivity index (χ1n) is 7.58. The summed E-state index contributed by atoms with van der Waals surface area (Å²) >= 11 is 0. The molecule has 0 amide bonds. The predicted molar refractivity (Wildman–Crippen MR) is 95.7 cm³/mol. The van der Waals surface area contributed by atoms with E-state index in [1.165, 1.54) is 38.4 Å². The van der Waals surface area contributed by atoms with Crippen molar-refractivity contribution in [2.45, 2.75) is 0 Å². The van der Waals surface area contributed by atoms with Crippen LogP contribution in [0.1, 0.15) is 15.9 Å². The number of anilines is 1. The number of ether oxygens (including phenoxy) is 2. The first kappa shape index (κ1) is 19.5. The molecule has 0 bridgehead atoms. The molecule has 0 atom stereocenters. The molecule has 0 aliphatic rings. The van der Waals surface area contributed by atoms with Crippen LogP contribution in [0.5, 0.6) is 11.5 Å². The summed E-state index contributed by atoms with van der Waals surface area (Å²) < 4.78 is 10.6. The van der Waals surface area contributed by atoms with E-state index < -0.39 is 35.2 Å². The number of H-pyrrole nitrogens is 1. The van der Waals surface area contributed by atoms with Crippen LogP contribution in [0.3, 0.4) is 0 Å². The lowest BCUT2D eigenvalue weighted by molar-refractivity contribution is -0.136. The molecule has 0 spiro atoms. The second-order valence-corrected chi connectivity index (χ2v) is 5.37. The number of rotatable bonds is 6. The monoisotopic (exact) mass is 375 g/mol. The van der Waals surface area contributed by atoms with Crippen LogP contribution in [0.15, 0.2) is 33.9 Å². The third-order valence-electron chi connectivity index (χ3n) is 3.61. The highest BCUT2D eigenvalue weighted by atomic mass is 16.5. The normalized spacial score (nSPS) is 10.7. The number of nitrogens with two attached hydrogens (primary N) is 1.